The van der Waals surface area contributed by atoms with Crippen molar-refractivity contribution in [3.8, 4) is 0 Å². The minimum atomic E-state index is -0.932. The first-order chi connectivity index (χ1) is 9.95. The number of hydrogen-bond acceptors (Lipinski definition) is 3. The first-order valence-corrected chi connectivity index (χ1v) is 8.10. The Hall–Kier alpha value is -0.920. The molecule has 1 N–H and O–H groups in total. The van der Waals surface area contributed by atoms with Crippen LogP contribution in [0.3, 0.4) is 0 Å². The van der Waals surface area contributed by atoms with Crippen molar-refractivity contribution < 1.29 is 19.4 Å². The first-order valence-electron chi connectivity index (χ1n) is 6.52. The van der Waals surface area contributed by atoms with Gasteiger partial charge in [-0.25, -0.2) is 0 Å². The van der Waals surface area contributed by atoms with E-state index in [9.17, 15) is 14.7 Å². The van der Waals surface area contributed by atoms with Crippen LogP contribution in [0.4, 0.5) is 0 Å². The zero-order chi connectivity index (χ0) is 15.6. The minimum absolute atomic E-state index is 0.144. The Balaban J connectivity index is 2.28. The van der Waals surface area contributed by atoms with Crippen molar-refractivity contribution in [2.24, 2.45) is 5.92 Å². The van der Waals surface area contributed by atoms with E-state index >= 15 is 0 Å². The van der Waals surface area contributed by atoms with Crippen LogP contribution < -0.4 is 0 Å². The Labute approximate surface area is 139 Å². The van der Waals surface area contributed by atoms with Gasteiger partial charge in [0.25, 0.3) is 5.91 Å². The molecule has 1 saturated heterocycles. The van der Waals surface area contributed by atoms with Crippen molar-refractivity contribution in [3.63, 3.8) is 0 Å². The van der Waals surface area contributed by atoms with Gasteiger partial charge in [0.1, 0.15) is 5.92 Å². The third-order valence-corrected chi connectivity index (χ3v) is 4.68. The van der Waals surface area contributed by atoms with Crippen LogP contribution in [-0.2, 0) is 9.53 Å². The number of amides is 1. The summed E-state index contributed by atoms with van der Waals surface area (Å²) in [6.45, 7) is 2.66. The van der Waals surface area contributed by atoms with Gasteiger partial charge in [-0.1, -0.05) is 15.9 Å². The zero-order valence-electron chi connectivity index (χ0n) is 11.4. The molecule has 1 aliphatic rings. The van der Waals surface area contributed by atoms with E-state index in [0.29, 0.717) is 16.6 Å². The SMILES string of the molecule is CCN(C(=O)c1ccc(Br)cc1Br)C1COCC1C(=O)O. The highest BCUT2D eigenvalue weighted by Gasteiger charge is 2.39. The van der Waals surface area contributed by atoms with Gasteiger partial charge in [0.05, 0.1) is 24.8 Å². The number of hydrogen-bond donors (Lipinski definition) is 1. The van der Waals surface area contributed by atoms with Gasteiger partial charge >= 0.3 is 5.97 Å². The Morgan fingerprint density at radius 3 is 2.67 bits per heavy atom. The van der Waals surface area contributed by atoms with E-state index in [1.54, 1.807) is 23.1 Å². The predicted molar refractivity (Wildman–Crippen MR) is 84.3 cm³/mol. The largest absolute Gasteiger partial charge is 0.481 e. The van der Waals surface area contributed by atoms with Crippen LogP contribution in [-0.4, -0.2) is 47.7 Å². The van der Waals surface area contributed by atoms with Crippen molar-refractivity contribution in [1.29, 1.82) is 0 Å². The first kappa shape index (κ1) is 16.5. The monoisotopic (exact) mass is 419 g/mol. The van der Waals surface area contributed by atoms with Crippen LogP contribution in [0.2, 0.25) is 0 Å². The highest BCUT2D eigenvalue weighted by atomic mass is 79.9. The molecule has 2 rings (SSSR count). The van der Waals surface area contributed by atoms with Crippen molar-refractivity contribution in [3.05, 3.63) is 32.7 Å². The van der Waals surface area contributed by atoms with E-state index in [1.165, 1.54) is 0 Å². The summed E-state index contributed by atoms with van der Waals surface area (Å²) in [6, 6.07) is 4.85. The predicted octanol–water partition coefficient (Wildman–Crippen LogP) is 2.77. The highest BCUT2D eigenvalue weighted by Crippen LogP contribution is 2.26. The number of aliphatic carboxylic acids is 1. The number of carbonyl (C=O) groups excluding carboxylic acids is 1. The third-order valence-electron chi connectivity index (χ3n) is 3.53. The highest BCUT2D eigenvalue weighted by molar-refractivity contribution is 9.11. The Kier molecular flexibility index (Phi) is 5.40. The van der Waals surface area contributed by atoms with Gasteiger partial charge < -0.3 is 14.7 Å². The maximum absolute atomic E-state index is 12.7. The molecule has 21 heavy (non-hydrogen) atoms. The number of likely N-dealkylation sites (N-methyl/N-ethyl adjacent to an activating group) is 1. The summed E-state index contributed by atoms with van der Waals surface area (Å²) >= 11 is 6.71. The molecular formula is C14H15Br2NO4. The smallest absolute Gasteiger partial charge is 0.311 e. The van der Waals surface area contributed by atoms with Gasteiger partial charge in [0.15, 0.2) is 0 Å². The molecule has 2 unspecified atom stereocenters. The van der Waals surface area contributed by atoms with Gasteiger partial charge in [-0.05, 0) is 41.1 Å². The Morgan fingerprint density at radius 1 is 1.38 bits per heavy atom. The molecule has 2 atom stereocenters. The van der Waals surface area contributed by atoms with E-state index < -0.39 is 17.9 Å². The van der Waals surface area contributed by atoms with E-state index in [2.05, 4.69) is 31.9 Å². The summed E-state index contributed by atoms with van der Waals surface area (Å²) in [6.07, 6.45) is 0. The lowest BCUT2D eigenvalue weighted by molar-refractivity contribution is -0.142. The number of benzene rings is 1. The van der Waals surface area contributed by atoms with Crippen LogP contribution in [0.5, 0.6) is 0 Å². The van der Waals surface area contributed by atoms with Crippen molar-refractivity contribution in [2.45, 2.75) is 13.0 Å². The normalized spacial score (nSPS) is 21.3. The van der Waals surface area contributed by atoms with Gasteiger partial charge in [0.2, 0.25) is 0 Å². The molecule has 0 spiro atoms. The van der Waals surface area contributed by atoms with E-state index in [-0.39, 0.29) is 19.1 Å². The standard InChI is InChI=1S/C14H15Br2NO4/c1-2-17(12-7-21-6-10(12)14(19)20)13(18)9-4-3-8(15)5-11(9)16/h3-5,10,12H,2,6-7H2,1H3,(H,19,20). The lowest BCUT2D eigenvalue weighted by Gasteiger charge is -2.29. The number of nitrogens with zero attached hydrogens (tertiary/aromatic N) is 1. The molecule has 0 aliphatic carbocycles. The number of ether oxygens (including phenoxy) is 1. The fourth-order valence-corrected chi connectivity index (χ4v) is 3.65. The molecule has 0 radical (unpaired) electrons. The number of carbonyl (C=O) groups is 2. The topological polar surface area (TPSA) is 66.8 Å². The average molecular weight is 421 g/mol. The molecule has 1 aromatic carbocycles. The molecule has 0 aromatic heterocycles. The molecule has 1 heterocycles. The Morgan fingerprint density at radius 2 is 2.10 bits per heavy atom. The van der Waals surface area contributed by atoms with E-state index in [0.717, 1.165) is 4.47 Å². The summed E-state index contributed by atoms with van der Waals surface area (Å²) in [4.78, 5) is 25.5. The van der Waals surface area contributed by atoms with Crippen LogP contribution in [0.25, 0.3) is 0 Å². The van der Waals surface area contributed by atoms with Gasteiger partial charge in [-0.2, -0.15) is 0 Å². The van der Waals surface area contributed by atoms with Crippen LogP contribution >= 0.6 is 31.9 Å². The number of rotatable bonds is 4. The molecule has 114 valence electrons. The van der Waals surface area contributed by atoms with Crippen LogP contribution in [0.15, 0.2) is 27.1 Å². The van der Waals surface area contributed by atoms with E-state index in [4.69, 9.17) is 4.74 Å². The number of carboxylic acids is 1. The van der Waals surface area contributed by atoms with Gasteiger partial charge in [-0.15, -0.1) is 0 Å². The quantitative estimate of drug-likeness (QED) is 0.813. The van der Waals surface area contributed by atoms with Gasteiger partial charge in [0, 0.05) is 15.5 Å². The van der Waals surface area contributed by atoms with E-state index in [1.807, 2.05) is 6.92 Å². The third kappa shape index (κ3) is 3.46. The summed E-state index contributed by atoms with van der Waals surface area (Å²) < 4.78 is 6.79. The molecule has 1 amide bonds. The molecule has 0 bridgehead atoms. The lowest BCUT2D eigenvalue weighted by Crippen LogP contribution is -2.46. The summed E-state index contributed by atoms with van der Waals surface area (Å²) in [7, 11) is 0. The number of halogens is 2. The summed E-state index contributed by atoms with van der Waals surface area (Å²) in [5.41, 5.74) is 0.510. The maximum atomic E-state index is 12.7. The molecule has 1 aromatic rings. The second-order valence-electron chi connectivity index (χ2n) is 4.76. The van der Waals surface area contributed by atoms with Gasteiger partial charge in [-0.3, -0.25) is 9.59 Å². The molecule has 1 aliphatic heterocycles. The molecule has 0 saturated carbocycles. The minimum Gasteiger partial charge on any atom is -0.481 e. The molecule has 5 nitrogen and oxygen atoms in total. The van der Waals surface area contributed by atoms with Crippen LogP contribution in [0.1, 0.15) is 17.3 Å². The fourth-order valence-electron chi connectivity index (χ4n) is 2.43. The van der Waals surface area contributed by atoms with Crippen molar-refractivity contribution >= 4 is 43.7 Å². The number of carboxylic acid groups (broad SMARTS) is 1. The Bertz CT molecular complexity index is 564. The van der Waals surface area contributed by atoms with Crippen LogP contribution in [0, 0.1) is 5.92 Å². The van der Waals surface area contributed by atoms with Crippen molar-refractivity contribution in [2.75, 3.05) is 19.8 Å². The lowest BCUT2D eigenvalue weighted by atomic mass is 10.0. The second-order valence-corrected chi connectivity index (χ2v) is 6.53. The second kappa shape index (κ2) is 6.89. The zero-order valence-corrected chi connectivity index (χ0v) is 14.6. The maximum Gasteiger partial charge on any atom is 0.311 e. The van der Waals surface area contributed by atoms with Crippen molar-refractivity contribution in [1.82, 2.24) is 4.90 Å². The molecule has 1 fully saturated rings. The average Bonchev–Trinajstić information content (AvgIpc) is 2.88. The fraction of sp³-hybridized carbons (Fsp3) is 0.429. The summed E-state index contributed by atoms with van der Waals surface area (Å²) in [5.74, 6) is -1.81. The molecular weight excluding hydrogens is 406 g/mol. The molecule has 7 heteroatoms. The summed E-state index contributed by atoms with van der Waals surface area (Å²) in [5, 5.41) is 9.24.